The molecule has 2 atom stereocenters. The Balaban J connectivity index is 4.30. The minimum atomic E-state index is 0.225. The molecule has 0 bridgehead atoms. The normalized spacial score (nSPS) is 17.5. The zero-order valence-electron chi connectivity index (χ0n) is 9.76. The summed E-state index contributed by atoms with van der Waals surface area (Å²) in [5.74, 6) is 2.57. The maximum atomic E-state index is 2.42. The first-order valence-electron chi connectivity index (χ1n) is 5.04. The molecule has 0 radical (unpaired) electrons. The summed E-state index contributed by atoms with van der Waals surface area (Å²) < 4.78 is 0. The summed E-state index contributed by atoms with van der Waals surface area (Å²) in [5.41, 5.74) is 0.944. The predicted octanol–water partition coefficient (Wildman–Crippen LogP) is 4.04. The van der Waals surface area contributed by atoms with Gasteiger partial charge in [0.05, 0.1) is 0 Å². The summed E-state index contributed by atoms with van der Waals surface area (Å²) in [6.07, 6.45) is 0. The SMILES string of the molecule is CC(C)C(C)C(C(C)C)P(C)C. The minimum Gasteiger partial charge on any atom is -0.109 e. The van der Waals surface area contributed by atoms with Crippen molar-refractivity contribution >= 4 is 7.92 Å². The second-order valence-corrected chi connectivity index (χ2v) is 7.32. The van der Waals surface area contributed by atoms with Crippen LogP contribution in [0.5, 0.6) is 0 Å². The van der Waals surface area contributed by atoms with Crippen molar-refractivity contribution in [2.24, 2.45) is 17.8 Å². The maximum absolute atomic E-state index is 2.42. The molecule has 0 rings (SSSR count). The van der Waals surface area contributed by atoms with Crippen LogP contribution in [-0.2, 0) is 0 Å². The Labute approximate surface area is 79.9 Å². The van der Waals surface area contributed by atoms with Crippen LogP contribution < -0.4 is 0 Å². The highest BCUT2D eigenvalue weighted by molar-refractivity contribution is 7.56. The fourth-order valence-electron chi connectivity index (χ4n) is 2.07. The molecule has 0 fully saturated rings. The van der Waals surface area contributed by atoms with Gasteiger partial charge in [-0.15, -0.1) is 7.92 Å². The van der Waals surface area contributed by atoms with Gasteiger partial charge in [0.15, 0.2) is 0 Å². The zero-order chi connectivity index (χ0) is 9.89. The van der Waals surface area contributed by atoms with Gasteiger partial charge in [-0.1, -0.05) is 34.6 Å². The van der Waals surface area contributed by atoms with Gasteiger partial charge >= 0.3 is 0 Å². The molecule has 0 aromatic heterocycles. The van der Waals surface area contributed by atoms with E-state index in [1.807, 2.05) is 0 Å². The van der Waals surface area contributed by atoms with Crippen LogP contribution in [0.25, 0.3) is 0 Å². The van der Waals surface area contributed by atoms with Crippen molar-refractivity contribution in [3.8, 4) is 0 Å². The molecule has 2 unspecified atom stereocenters. The topological polar surface area (TPSA) is 0 Å². The third-order valence-corrected chi connectivity index (χ3v) is 5.13. The molecule has 0 nitrogen and oxygen atoms in total. The summed E-state index contributed by atoms with van der Waals surface area (Å²) in [5, 5.41) is 0. The van der Waals surface area contributed by atoms with E-state index in [4.69, 9.17) is 0 Å². The van der Waals surface area contributed by atoms with Crippen molar-refractivity contribution in [2.45, 2.75) is 40.3 Å². The lowest BCUT2D eigenvalue weighted by Crippen LogP contribution is -2.25. The number of rotatable bonds is 4. The molecule has 0 heterocycles. The lowest BCUT2D eigenvalue weighted by molar-refractivity contribution is 0.353. The molecule has 0 saturated carbocycles. The Bertz CT molecular complexity index is 108. The lowest BCUT2D eigenvalue weighted by Gasteiger charge is -2.33. The molecule has 1 heteroatoms. The molecular formula is C11H25P. The van der Waals surface area contributed by atoms with E-state index in [9.17, 15) is 0 Å². The molecule has 0 aliphatic heterocycles. The monoisotopic (exact) mass is 188 g/mol. The lowest BCUT2D eigenvalue weighted by atomic mass is 9.89. The van der Waals surface area contributed by atoms with E-state index in [2.05, 4.69) is 47.9 Å². The van der Waals surface area contributed by atoms with E-state index in [0.717, 1.165) is 23.4 Å². The second-order valence-electron chi connectivity index (χ2n) is 4.80. The smallest absolute Gasteiger partial charge is 0.0163 e. The van der Waals surface area contributed by atoms with E-state index in [1.165, 1.54) is 0 Å². The highest BCUT2D eigenvalue weighted by Crippen LogP contribution is 2.43. The third-order valence-electron chi connectivity index (χ3n) is 2.87. The Morgan fingerprint density at radius 2 is 1.17 bits per heavy atom. The highest BCUT2D eigenvalue weighted by Gasteiger charge is 2.25. The quantitative estimate of drug-likeness (QED) is 0.584. The van der Waals surface area contributed by atoms with Gasteiger partial charge in [0, 0.05) is 0 Å². The van der Waals surface area contributed by atoms with Crippen LogP contribution in [0.2, 0.25) is 0 Å². The summed E-state index contributed by atoms with van der Waals surface area (Å²) >= 11 is 0. The Morgan fingerprint density at radius 1 is 0.750 bits per heavy atom. The highest BCUT2D eigenvalue weighted by atomic mass is 31.1. The van der Waals surface area contributed by atoms with Gasteiger partial charge in [-0.05, 0) is 36.7 Å². The van der Waals surface area contributed by atoms with Crippen molar-refractivity contribution in [2.75, 3.05) is 13.3 Å². The average molecular weight is 188 g/mol. The zero-order valence-corrected chi connectivity index (χ0v) is 10.7. The molecule has 0 aromatic rings. The van der Waals surface area contributed by atoms with Crippen LogP contribution in [0.3, 0.4) is 0 Å². The molecule has 74 valence electrons. The van der Waals surface area contributed by atoms with Crippen LogP contribution in [0.15, 0.2) is 0 Å². The number of hydrogen-bond donors (Lipinski definition) is 0. The molecule has 0 amide bonds. The fraction of sp³-hybridized carbons (Fsp3) is 1.00. The predicted molar refractivity (Wildman–Crippen MR) is 61.4 cm³/mol. The van der Waals surface area contributed by atoms with Gasteiger partial charge in [0.1, 0.15) is 0 Å². The van der Waals surface area contributed by atoms with Gasteiger partial charge in [-0.2, -0.15) is 0 Å². The van der Waals surface area contributed by atoms with Crippen molar-refractivity contribution in [3.63, 3.8) is 0 Å². The molecule has 0 saturated heterocycles. The van der Waals surface area contributed by atoms with Crippen LogP contribution in [0.4, 0.5) is 0 Å². The van der Waals surface area contributed by atoms with Crippen molar-refractivity contribution in [1.29, 1.82) is 0 Å². The standard InChI is InChI=1S/C11H25P/c1-8(2)10(5)11(9(3)4)12(6)7/h8-11H,1-7H3. The van der Waals surface area contributed by atoms with Gasteiger partial charge in [0.2, 0.25) is 0 Å². The fourth-order valence-corrected chi connectivity index (χ4v) is 4.55. The van der Waals surface area contributed by atoms with E-state index in [0.29, 0.717) is 0 Å². The Hall–Kier alpha value is 0.430. The molecular weight excluding hydrogens is 163 g/mol. The van der Waals surface area contributed by atoms with Crippen molar-refractivity contribution in [1.82, 2.24) is 0 Å². The van der Waals surface area contributed by atoms with E-state index in [-0.39, 0.29) is 7.92 Å². The first-order valence-corrected chi connectivity index (χ1v) is 7.34. The Kier molecular flexibility index (Phi) is 5.41. The van der Waals surface area contributed by atoms with Crippen molar-refractivity contribution < 1.29 is 0 Å². The average Bonchev–Trinajstić information content (AvgIpc) is 1.85. The van der Waals surface area contributed by atoms with E-state index >= 15 is 0 Å². The molecule has 0 aromatic carbocycles. The van der Waals surface area contributed by atoms with Crippen LogP contribution in [0.1, 0.15) is 34.6 Å². The van der Waals surface area contributed by atoms with Crippen LogP contribution >= 0.6 is 7.92 Å². The Morgan fingerprint density at radius 3 is 1.25 bits per heavy atom. The van der Waals surface area contributed by atoms with Crippen molar-refractivity contribution in [3.05, 3.63) is 0 Å². The largest absolute Gasteiger partial charge is 0.109 e. The molecule has 0 spiro atoms. The summed E-state index contributed by atoms with van der Waals surface area (Å²) in [6.45, 7) is 16.7. The van der Waals surface area contributed by atoms with Crippen LogP contribution in [0, 0.1) is 17.8 Å². The number of hydrogen-bond acceptors (Lipinski definition) is 0. The van der Waals surface area contributed by atoms with E-state index in [1.54, 1.807) is 0 Å². The van der Waals surface area contributed by atoms with Gasteiger partial charge < -0.3 is 0 Å². The van der Waals surface area contributed by atoms with Crippen LogP contribution in [-0.4, -0.2) is 19.0 Å². The summed E-state index contributed by atoms with van der Waals surface area (Å²) in [6, 6.07) is 0. The first kappa shape index (κ1) is 12.4. The minimum absolute atomic E-state index is 0.225. The molecule has 12 heavy (non-hydrogen) atoms. The van der Waals surface area contributed by atoms with Gasteiger partial charge in [-0.3, -0.25) is 0 Å². The van der Waals surface area contributed by atoms with Gasteiger partial charge in [0.25, 0.3) is 0 Å². The molecule has 0 aliphatic carbocycles. The molecule has 0 N–H and O–H groups in total. The second kappa shape index (κ2) is 5.22. The maximum Gasteiger partial charge on any atom is -0.0163 e. The summed E-state index contributed by atoms with van der Waals surface area (Å²) in [4.78, 5) is 0. The van der Waals surface area contributed by atoms with E-state index < -0.39 is 0 Å². The third kappa shape index (κ3) is 3.44. The molecule has 0 aliphatic rings. The van der Waals surface area contributed by atoms with Gasteiger partial charge in [-0.25, -0.2) is 0 Å². The summed E-state index contributed by atoms with van der Waals surface area (Å²) in [7, 11) is 0.225. The first-order chi connectivity index (χ1) is 5.37.